The highest BCUT2D eigenvalue weighted by molar-refractivity contribution is 5.83. The predicted molar refractivity (Wildman–Crippen MR) is 68.4 cm³/mol. The van der Waals surface area contributed by atoms with Crippen LogP contribution in [0.4, 0.5) is 0 Å². The maximum Gasteiger partial charge on any atom is 0.227 e. The van der Waals surface area contributed by atoms with Gasteiger partial charge in [0.2, 0.25) is 5.91 Å². The van der Waals surface area contributed by atoms with Gasteiger partial charge in [0.15, 0.2) is 0 Å². The monoisotopic (exact) mass is 242 g/mol. The van der Waals surface area contributed by atoms with Crippen LogP contribution >= 0.6 is 0 Å². The van der Waals surface area contributed by atoms with Crippen LogP contribution in [0.15, 0.2) is 0 Å². The third-order valence-corrected chi connectivity index (χ3v) is 4.44. The van der Waals surface area contributed by atoms with E-state index in [1.165, 1.54) is 0 Å². The second kappa shape index (κ2) is 6.36. The lowest BCUT2D eigenvalue weighted by Crippen LogP contribution is -2.50. The summed E-state index contributed by atoms with van der Waals surface area (Å²) in [4.78, 5) is 12.3. The van der Waals surface area contributed by atoms with E-state index < -0.39 is 5.41 Å². The Kier molecular flexibility index (Phi) is 5.40. The highest BCUT2D eigenvalue weighted by atomic mass is 16.3. The molecule has 1 amide bonds. The molecule has 100 valence electrons. The van der Waals surface area contributed by atoms with Crippen molar-refractivity contribution in [1.29, 1.82) is 0 Å². The zero-order valence-electron chi connectivity index (χ0n) is 11.0. The molecule has 2 atom stereocenters. The quantitative estimate of drug-likeness (QED) is 0.651. The van der Waals surface area contributed by atoms with Crippen LogP contribution < -0.4 is 11.1 Å². The molecule has 4 nitrogen and oxygen atoms in total. The van der Waals surface area contributed by atoms with Gasteiger partial charge in [-0.2, -0.15) is 0 Å². The van der Waals surface area contributed by atoms with Crippen molar-refractivity contribution >= 4 is 5.91 Å². The van der Waals surface area contributed by atoms with E-state index in [-0.39, 0.29) is 24.5 Å². The molecule has 0 aromatic carbocycles. The van der Waals surface area contributed by atoms with Crippen LogP contribution in [0.5, 0.6) is 0 Å². The summed E-state index contributed by atoms with van der Waals surface area (Å²) in [5.74, 6) is 0.290. The Hall–Kier alpha value is -0.610. The number of rotatable bonds is 6. The summed E-state index contributed by atoms with van der Waals surface area (Å²) in [6, 6.07) is 0.136. The first-order valence-corrected chi connectivity index (χ1v) is 6.75. The zero-order chi connectivity index (χ0) is 12.9. The Morgan fingerprint density at radius 3 is 2.53 bits per heavy atom. The molecular weight excluding hydrogens is 216 g/mol. The van der Waals surface area contributed by atoms with E-state index in [1.54, 1.807) is 0 Å². The summed E-state index contributed by atoms with van der Waals surface area (Å²) in [5, 5.41) is 12.3. The highest BCUT2D eigenvalue weighted by Crippen LogP contribution is 2.29. The minimum absolute atomic E-state index is 0.0651. The number of carbonyl (C=O) groups excluding carboxylic acids is 1. The van der Waals surface area contributed by atoms with Gasteiger partial charge in [-0.05, 0) is 25.7 Å². The Morgan fingerprint density at radius 2 is 2.06 bits per heavy atom. The third kappa shape index (κ3) is 2.99. The van der Waals surface area contributed by atoms with E-state index in [0.29, 0.717) is 6.54 Å². The molecule has 1 aliphatic carbocycles. The van der Waals surface area contributed by atoms with Gasteiger partial charge in [-0.15, -0.1) is 0 Å². The van der Waals surface area contributed by atoms with Crippen LogP contribution in [-0.4, -0.2) is 30.2 Å². The van der Waals surface area contributed by atoms with Gasteiger partial charge in [0, 0.05) is 25.1 Å². The Morgan fingerprint density at radius 1 is 1.41 bits per heavy atom. The van der Waals surface area contributed by atoms with Gasteiger partial charge in [-0.1, -0.05) is 20.3 Å². The van der Waals surface area contributed by atoms with E-state index in [2.05, 4.69) is 5.32 Å². The second-order valence-corrected chi connectivity index (χ2v) is 5.15. The molecule has 0 aliphatic heterocycles. The fraction of sp³-hybridized carbons (Fsp3) is 0.923. The van der Waals surface area contributed by atoms with Gasteiger partial charge in [0.1, 0.15) is 0 Å². The topological polar surface area (TPSA) is 75.4 Å². The highest BCUT2D eigenvalue weighted by Gasteiger charge is 2.36. The smallest absolute Gasteiger partial charge is 0.227 e. The van der Waals surface area contributed by atoms with Crippen molar-refractivity contribution in [3.05, 3.63) is 0 Å². The largest absolute Gasteiger partial charge is 0.396 e. The van der Waals surface area contributed by atoms with Crippen molar-refractivity contribution in [3.8, 4) is 0 Å². The van der Waals surface area contributed by atoms with Crippen molar-refractivity contribution in [2.75, 3.05) is 13.2 Å². The molecule has 0 bridgehead atoms. The van der Waals surface area contributed by atoms with Gasteiger partial charge in [-0.25, -0.2) is 0 Å². The average molecular weight is 242 g/mol. The lowest BCUT2D eigenvalue weighted by atomic mass is 9.81. The fourth-order valence-corrected chi connectivity index (χ4v) is 2.72. The van der Waals surface area contributed by atoms with Gasteiger partial charge in [-0.3, -0.25) is 4.79 Å². The molecule has 1 fully saturated rings. The van der Waals surface area contributed by atoms with Gasteiger partial charge in [0.25, 0.3) is 0 Å². The fourth-order valence-electron chi connectivity index (χ4n) is 2.72. The number of carbonyl (C=O) groups is 1. The molecule has 0 radical (unpaired) electrons. The minimum Gasteiger partial charge on any atom is -0.396 e. The van der Waals surface area contributed by atoms with Gasteiger partial charge in [0.05, 0.1) is 5.41 Å². The summed E-state index contributed by atoms with van der Waals surface area (Å²) < 4.78 is 0. The average Bonchev–Trinajstić information content (AvgIpc) is 2.79. The van der Waals surface area contributed by atoms with Crippen LogP contribution in [0.2, 0.25) is 0 Å². The van der Waals surface area contributed by atoms with Crippen LogP contribution in [0.25, 0.3) is 0 Å². The summed E-state index contributed by atoms with van der Waals surface area (Å²) in [5.41, 5.74) is 5.33. The lowest BCUT2D eigenvalue weighted by molar-refractivity contribution is -0.132. The first-order chi connectivity index (χ1) is 8.13. The molecule has 17 heavy (non-hydrogen) atoms. The molecule has 1 saturated carbocycles. The summed E-state index contributed by atoms with van der Waals surface area (Å²) >= 11 is 0. The molecule has 1 rings (SSSR count). The van der Waals surface area contributed by atoms with Crippen molar-refractivity contribution < 1.29 is 9.90 Å². The standard InChI is InChI=1S/C13H26N2O2/c1-3-13(4-2,9-14)12(17)15-11-7-5-6-10(11)8-16/h10-11,16H,3-9,14H2,1-2H3,(H,15,17). The molecular formula is C13H26N2O2. The Labute approximate surface area is 104 Å². The van der Waals surface area contributed by atoms with Crippen LogP contribution in [0.3, 0.4) is 0 Å². The number of aliphatic hydroxyl groups excluding tert-OH is 1. The summed E-state index contributed by atoms with van der Waals surface area (Å²) in [7, 11) is 0. The number of nitrogens with two attached hydrogens (primary N) is 1. The van der Waals surface area contributed by atoms with Gasteiger partial charge >= 0.3 is 0 Å². The van der Waals surface area contributed by atoms with Crippen molar-refractivity contribution in [2.45, 2.75) is 52.0 Å². The van der Waals surface area contributed by atoms with Crippen molar-refractivity contribution in [3.63, 3.8) is 0 Å². The van der Waals surface area contributed by atoms with E-state index in [9.17, 15) is 9.90 Å². The van der Waals surface area contributed by atoms with E-state index in [0.717, 1.165) is 32.1 Å². The second-order valence-electron chi connectivity index (χ2n) is 5.15. The number of aliphatic hydroxyl groups is 1. The van der Waals surface area contributed by atoms with Crippen LogP contribution in [0, 0.1) is 11.3 Å². The summed E-state index contributed by atoms with van der Waals surface area (Å²) in [6.07, 6.45) is 4.61. The molecule has 0 aromatic rings. The van der Waals surface area contributed by atoms with E-state index in [1.807, 2.05) is 13.8 Å². The SMILES string of the molecule is CCC(CC)(CN)C(=O)NC1CCCC1CO. The van der Waals surface area contributed by atoms with Crippen molar-refractivity contribution in [2.24, 2.45) is 17.1 Å². The molecule has 0 heterocycles. The number of hydrogen-bond acceptors (Lipinski definition) is 3. The van der Waals surface area contributed by atoms with Crippen LogP contribution in [-0.2, 0) is 4.79 Å². The van der Waals surface area contributed by atoms with Crippen LogP contribution in [0.1, 0.15) is 46.0 Å². The Balaban J connectivity index is 2.63. The zero-order valence-corrected chi connectivity index (χ0v) is 11.0. The molecule has 0 spiro atoms. The molecule has 4 heteroatoms. The lowest BCUT2D eigenvalue weighted by Gasteiger charge is -2.31. The number of nitrogens with one attached hydrogen (secondary N) is 1. The predicted octanol–water partition coefficient (Wildman–Crippen LogP) is 1.03. The molecule has 2 unspecified atom stereocenters. The normalized spacial score (nSPS) is 24.9. The first kappa shape index (κ1) is 14.5. The molecule has 0 aromatic heterocycles. The van der Waals surface area contributed by atoms with E-state index in [4.69, 9.17) is 5.73 Å². The van der Waals surface area contributed by atoms with Gasteiger partial charge < -0.3 is 16.2 Å². The molecule has 4 N–H and O–H groups in total. The number of hydrogen-bond donors (Lipinski definition) is 3. The maximum absolute atomic E-state index is 12.3. The molecule has 0 saturated heterocycles. The number of amides is 1. The molecule has 1 aliphatic rings. The maximum atomic E-state index is 12.3. The minimum atomic E-state index is -0.428. The van der Waals surface area contributed by atoms with E-state index >= 15 is 0 Å². The first-order valence-electron chi connectivity index (χ1n) is 6.75. The third-order valence-electron chi connectivity index (χ3n) is 4.44. The van der Waals surface area contributed by atoms with Crippen molar-refractivity contribution in [1.82, 2.24) is 5.32 Å². The summed E-state index contributed by atoms with van der Waals surface area (Å²) in [6.45, 7) is 4.57. The Bertz CT molecular complexity index is 244.